The second-order valence-corrected chi connectivity index (χ2v) is 7.51. The van der Waals surface area contributed by atoms with Gasteiger partial charge in [0.1, 0.15) is 0 Å². The zero-order valence-corrected chi connectivity index (χ0v) is 15.1. The summed E-state index contributed by atoms with van der Waals surface area (Å²) in [6.45, 7) is 8.23. The van der Waals surface area contributed by atoms with Gasteiger partial charge in [0.05, 0.1) is 16.4 Å². The maximum absolute atomic E-state index is 6.47. The molecule has 1 atom stereocenters. The van der Waals surface area contributed by atoms with Crippen molar-refractivity contribution in [1.82, 2.24) is 15.1 Å². The number of thioether (sulfide) groups is 1. The van der Waals surface area contributed by atoms with Crippen LogP contribution in [0.1, 0.15) is 44.5 Å². The summed E-state index contributed by atoms with van der Waals surface area (Å²) in [6.07, 6.45) is 4.99. The number of aryl methyl sites for hydroxylation is 2. The highest BCUT2D eigenvalue weighted by Gasteiger charge is 2.22. The van der Waals surface area contributed by atoms with Gasteiger partial charge in [0.25, 0.3) is 0 Å². The van der Waals surface area contributed by atoms with Crippen LogP contribution in [-0.4, -0.2) is 33.9 Å². The molecule has 0 saturated carbocycles. The van der Waals surface area contributed by atoms with Crippen LogP contribution in [0.25, 0.3) is 0 Å². The Balaban J connectivity index is 2.04. The molecule has 1 saturated heterocycles. The van der Waals surface area contributed by atoms with Gasteiger partial charge in [-0.05, 0) is 57.1 Å². The minimum absolute atomic E-state index is 0.516. The molecule has 3 nitrogen and oxygen atoms in total. The summed E-state index contributed by atoms with van der Waals surface area (Å²) < 4.78 is 2.07. The van der Waals surface area contributed by atoms with Crippen molar-refractivity contribution in [2.45, 2.75) is 59.0 Å². The van der Waals surface area contributed by atoms with E-state index in [0.29, 0.717) is 6.04 Å². The quantitative estimate of drug-likeness (QED) is 0.822. The van der Waals surface area contributed by atoms with Gasteiger partial charge in [-0.15, -0.1) is 0 Å². The van der Waals surface area contributed by atoms with Gasteiger partial charge >= 0.3 is 0 Å². The van der Waals surface area contributed by atoms with Crippen LogP contribution in [0.4, 0.5) is 0 Å². The van der Waals surface area contributed by atoms with E-state index in [1.54, 1.807) is 0 Å². The maximum atomic E-state index is 6.47. The molecule has 1 N–H and O–H groups in total. The van der Waals surface area contributed by atoms with Crippen LogP contribution in [0.3, 0.4) is 0 Å². The van der Waals surface area contributed by atoms with E-state index in [4.69, 9.17) is 11.6 Å². The molecule has 1 aromatic heterocycles. The lowest BCUT2D eigenvalue weighted by Crippen LogP contribution is -2.34. The van der Waals surface area contributed by atoms with E-state index < -0.39 is 0 Å². The topological polar surface area (TPSA) is 29.9 Å². The summed E-state index contributed by atoms with van der Waals surface area (Å²) in [5.41, 5.74) is 2.16. The number of hydrogen-bond donors (Lipinski definition) is 1. The number of rotatable bonds is 7. The molecule has 21 heavy (non-hydrogen) atoms. The fourth-order valence-electron chi connectivity index (χ4n) is 3.21. The number of aromatic nitrogens is 2. The summed E-state index contributed by atoms with van der Waals surface area (Å²) in [7, 11) is 0. The van der Waals surface area contributed by atoms with E-state index in [1.807, 2.05) is 6.92 Å². The second kappa shape index (κ2) is 8.44. The highest BCUT2D eigenvalue weighted by molar-refractivity contribution is 7.99. The van der Waals surface area contributed by atoms with Crippen molar-refractivity contribution in [3.8, 4) is 0 Å². The van der Waals surface area contributed by atoms with Crippen molar-refractivity contribution in [2.24, 2.45) is 5.92 Å². The fraction of sp³-hybridized carbons (Fsp3) is 0.812. The molecule has 0 aromatic carbocycles. The zero-order chi connectivity index (χ0) is 15.2. The third-order valence-electron chi connectivity index (χ3n) is 4.34. The minimum Gasteiger partial charge on any atom is -0.314 e. The highest BCUT2D eigenvalue weighted by atomic mass is 35.5. The molecule has 2 rings (SSSR count). The van der Waals surface area contributed by atoms with Crippen LogP contribution in [-0.2, 0) is 13.0 Å². The number of hydrogen-bond acceptors (Lipinski definition) is 3. The Labute approximate surface area is 138 Å². The van der Waals surface area contributed by atoms with E-state index in [-0.39, 0.29) is 0 Å². The Morgan fingerprint density at radius 1 is 1.38 bits per heavy atom. The van der Waals surface area contributed by atoms with Gasteiger partial charge in [-0.1, -0.05) is 18.5 Å². The van der Waals surface area contributed by atoms with Gasteiger partial charge in [-0.2, -0.15) is 16.9 Å². The number of nitrogens with zero attached hydrogens (tertiary/aromatic N) is 2. The van der Waals surface area contributed by atoms with Crippen LogP contribution >= 0.6 is 23.4 Å². The summed E-state index contributed by atoms with van der Waals surface area (Å²) in [5, 5.41) is 9.06. The third kappa shape index (κ3) is 4.64. The van der Waals surface area contributed by atoms with Crippen molar-refractivity contribution >= 4 is 23.4 Å². The Morgan fingerprint density at radius 2 is 2.10 bits per heavy atom. The SMILES string of the molecule is CCNC(Cc1c(Cl)c(C)nn1CC)CC1CCSCC1. The largest absolute Gasteiger partial charge is 0.314 e. The normalized spacial score (nSPS) is 18.1. The van der Waals surface area contributed by atoms with Crippen molar-refractivity contribution in [1.29, 1.82) is 0 Å². The van der Waals surface area contributed by atoms with Crippen LogP contribution in [0.2, 0.25) is 5.02 Å². The van der Waals surface area contributed by atoms with E-state index in [9.17, 15) is 0 Å². The van der Waals surface area contributed by atoms with Crippen molar-refractivity contribution in [3.05, 3.63) is 16.4 Å². The Bertz CT molecular complexity index is 441. The second-order valence-electron chi connectivity index (χ2n) is 5.91. The molecule has 1 aliphatic rings. The first-order valence-corrected chi connectivity index (χ1v) is 9.71. The van der Waals surface area contributed by atoms with Gasteiger partial charge in [0.15, 0.2) is 0 Å². The first-order valence-electron chi connectivity index (χ1n) is 8.18. The first kappa shape index (κ1) is 17.2. The van der Waals surface area contributed by atoms with E-state index in [2.05, 4.69) is 40.7 Å². The van der Waals surface area contributed by atoms with Crippen molar-refractivity contribution in [2.75, 3.05) is 18.1 Å². The lowest BCUT2D eigenvalue weighted by molar-refractivity contribution is 0.361. The molecule has 1 fully saturated rings. The predicted octanol–water partition coefficient (Wildman–Crippen LogP) is 3.92. The molecule has 120 valence electrons. The first-order chi connectivity index (χ1) is 10.2. The van der Waals surface area contributed by atoms with Crippen molar-refractivity contribution < 1.29 is 0 Å². The van der Waals surface area contributed by atoms with Gasteiger partial charge in [0, 0.05) is 19.0 Å². The summed E-state index contributed by atoms with van der Waals surface area (Å²) >= 11 is 8.56. The average Bonchev–Trinajstić information content (AvgIpc) is 2.76. The summed E-state index contributed by atoms with van der Waals surface area (Å²) in [4.78, 5) is 0. The Morgan fingerprint density at radius 3 is 2.71 bits per heavy atom. The molecule has 0 radical (unpaired) electrons. The molecule has 1 aromatic rings. The maximum Gasteiger partial charge on any atom is 0.0847 e. The number of likely N-dealkylation sites (N-methyl/N-ethyl adjacent to an activating group) is 1. The van der Waals surface area contributed by atoms with Gasteiger partial charge < -0.3 is 5.32 Å². The molecule has 2 heterocycles. The van der Waals surface area contributed by atoms with Gasteiger partial charge in [0.2, 0.25) is 0 Å². The molecule has 1 aliphatic heterocycles. The molecule has 1 unspecified atom stereocenters. The summed E-state index contributed by atoms with van der Waals surface area (Å²) in [5.74, 6) is 3.53. The number of halogens is 1. The average molecular weight is 330 g/mol. The summed E-state index contributed by atoms with van der Waals surface area (Å²) in [6, 6.07) is 0.516. The van der Waals surface area contributed by atoms with E-state index in [1.165, 1.54) is 36.5 Å². The standard InChI is InChI=1S/C16H28ClN3S/c1-4-18-14(10-13-6-8-21-9-7-13)11-15-16(17)12(3)19-20(15)5-2/h13-14,18H,4-11H2,1-3H3. The molecule has 0 amide bonds. The minimum atomic E-state index is 0.516. The molecular weight excluding hydrogens is 302 g/mol. The van der Waals surface area contributed by atoms with Gasteiger partial charge in [-0.3, -0.25) is 4.68 Å². The number of nitrogens with one attached hydrogen (secondary N) is 1. The van der Waals surface area contributed by atoms with Crippen LogP contribution in [0.5, 0.6) is 0 Å². The Kier molecular flexibility index (Phi) is 6.90. The lowest BCUT2D eigenvalue weighted by atomic mass is 9.92. The van der Waals surface area contributed by atoms with E-state index >= 15 is 0 Å². The highest BCUT2D eigenvalue weighted by Crippen LogP contribution is 2.28. The van der Waals surface area contributed by atoms with Crippen LogP contribution in [0, 0.1) is 12.8 Å². The van der Waals surface area contributed by atoms with Crippen LogP contribution < -0.4 is 5.32 Å². The van der Waals surface area contributed by atoms with Gasteiger partial charge in [-0.25, -0.2) is 0 Å². The molecular formula is C16H28ClN3S. The monoisotopic (exact) mass is 329 g/mol. The fourth-order valence-corrected chi connectivity index (χ4v) is 4.63. The van der Waals surface area contributed by atoms with E-state index in [0.717, 1.165) is 36.1 Å². The lowest BCUT2D eigenvalue weighted by Gasteiger charge is -2.27. The smallest absolute Gasteiger partial charge is 0.0847 e. The zero-order valence-electron chi connectivity index (χ0n) is 13.5. The van der Waals surface area contributed by atoms with Crippen LogP contribution in [0.15, 0.2) is 0 Å². The molecule has 0 aliphatic carbocycles. The third-order valence-corrected chi connectivity index (χ3v) is 5.88. The van der Waals surface area contributed by atoms with Crippen molar-refractivity contribution in [3.63, 3.8) is 0 Å². The predicted molar refractivity (Wildman–Crippen MR) is 93.5 cm³/mol. The Hall–Kier alpha value is -0.190. The molecule has 0 bridgehead atoms. The molecule has 5 heteroatoms. The molecule has 0 spiro atoms.